The van der Waals surface area contributed by atoms with Gasteiger partial charge in [-0.05, 0) is 24.3 Å². The lowest BCUT2D eigenvalue weighted by atomic mass is 9.95. The second-order valence-corrected chi connectivity index (χ2v) is 6.87. The summed E-state index contributed by atoms with van der Waals surface area (Å²) < 4.78 is 4.93. The van der Waals surface area contributed by atoms with Gasteiger partial charge in [-0.25, -0.2) is 10.2 Å². The summed E-state index contributed by atoms with van der Waals surface area (Å²) in [6.07, 6.45) is 0.338. The van der Waals surface area contributed by atoms with E-state index >= 15 is 0 Å². The molecule has 1 aromatic rings. The zero-order chi connectivity index (χ0) is 19.3. The normalized spacial score (nSPS) is 14.1. The van der Waals surface area contributed by atoms with Crippen molar-refractivity contribution in [2.24, 2.45) is 10.5 Å². The molecule has 0 unspecified atom stereocenters. The fourth-order valence-electron chi connectivity index (χ4n) is 1.98. The van der Waals surface area contributed by atoms with Gasteiger partial charge in [0.1, 0.15) is 5.71 Å². The number of hydrogen-bond donors (Lipinski definition) is 2. The number of nitrogens with zero attached hydrogens (tertiary/aromatic N) is 1. The molecule has 0 saturated heterocycles. The quantitative estimate of drug-likeness (QED) is 0.613. The van der Waals surface area contributed by atoms with E-state index in [1.807, 2.05) is 0 Å². The molecule has 26 heavy (non-hydrogen) atoms. The SMILES string of the molecule is CC(C)(C)C(=O)Nc1ccc(C(=O)COC(=O)C2=NNC(=O)CC2)cc1. The Kier molecular flexibility index (Phi) is 5.86. The van der Waals surface area contributed by atoms with E-state index in [9.17, 15) is 19.2 Å². The van der Waals surface area contributed by atoms with Crippen LogP contribution in [-0.2, 0) is 19.1 Å². The first-order chi connectivity index (χ1) is 12.2. The maximum absolute atomic E-state index is 12.1. The summed E-state index contributed by atoms with van der Waals surface area (Å²) in [5, 5.41) is 6.37. The maximum atomic E-state index is 12.1. The number of carbonyl (C=O) groups is 4. The van der Waals surface area contributed by atoms with E-state index in [1.54, 1.807) is 45.0 Å². The minimum atomic E-state index is -0.729. The first-order valence-electron chi connectivity index (χ1n) is 8.14. The minimum Gasteiger partial charge on any atom is -0.453 e. The van der Waals surface area contributed by atoms with Crippen molar-refractivity contribution >= 4 is 35.0 Å². The third kappa shape index (κ3) is 5.23. The molecule has 2 N–H and O–H groups in total. The van der Waals surface area contributed by atoms with Crippen LogP contribution in [0.4, 0.5) is 5.69 Å². The van der Waals surface area contributed by atoms with Gasteiger partial charge >= 0.3 is 5.97 Å². The van der Waals surface area contributed by atoms with Crippen LogP contribution in [0.5, 0.6) is 0 Å². The number of ketones is 1. The highest BCUT2D eigenvalue weighted by atomic mass is 16.5. The number of hydrazone groups is 1. The molecule has 138 valence electrons. The van der Waals surface area contributed by atoms with Gasteiger partial charge in [0, 0.05) is 29.5 Å². The third-order valence-electron chi connectivity index (χ3n) is 3.62. The summed E-state index contributed by atoms with van der Waals surface area (Å²) in [7, 11) is 0. The van der Waals surface area contributed by atoms with Gasteiger partial charge in [-0.2, -0.15) is 5.10 Å². The lowest BCUT2D eigenvalue weighted by molar-refractivity contribution is -0.134. The van der Waals surface area contributed by atoms with Crippen LogP contribution >= 0.6 is 0 Å². The molecular formula is C18H21N3O5. The largest absolute Gasteiger partial charge is 0.453 e. The fourth-order valence-corrected chi connectivity index (χ4v) is 1.98. The first-order valence-corrected chi connectivity index (χ1v) is 8.14. The van der Waals surface area contributed by atoms with Crippen LogP contribution in [0, 0.1) is 5.41 Å². The van der Waals surface area contributed by atoms with Crippen molar-refractivity contribution in [1.82, 2.24) is 5.43 Å². The molecule has 0 radical (unpaired) electrons. The molecule has 0 bridgehead atoms. The van der Waals surface area contributed by atoms with E-state index in [4.69, 9.17) is 4.74 Å². The van der Waals surface area contributed by atoms with E-state index in [0.717, 1.165) is 0 Å². The highest BCUT2D eigenvalue weighted by Gasteiger charge is 2.22. The predicted molar refractivity (Wildman–Crippen MR) is 94.6 cm³/mol. The topological polar surface area (TPSA) is 114 Å². The number of benzene rings is 1. The molecule has 0 aliphatic carbocycles. The van der Waals surface area contributed by atoms with Crippen LogP contribution in [0.25, 0.3) is 0 Å². The lowest BCUT2D eigenvalue weighted by Crippen LogP contribution is -2.31. The highest BCUT2D eigenvalue weighted by Crippen LogP contribution is 2.18. The van der Waals surface area contributed by atoms with Crippen LogP contribution in [0.15, 0.2) is 29.4 Å². The van der Waals surface area contributed by atoms with E-state index in [2.05, 4.69) is 15.8 Å². The molecular weight excluding hydrogens is 338 g/mol. The fraction of sp³-hybridized carbons (Fsp3) is 0.389. The predicted octanol–water partition coefficient (Wildman–Crippen LogP) is 1.66. The van der Waals surface area contributed by atoms with Gasteiger partial charge in [0.2, 0.25) is 11.8 Å². The number of rotatable bonds is 5. The summed E-state index contributed by atoms with van der Waals surface area (Å²) in [6, 6.07) is 6.32. The molecule has 0 aromatic heterocycles. The standard InChI is InChI=1S/C18H21N3O5/c1-18(2,3)17(25)19-12-6-4-11(5-7-12)14(22)10-26-16(24)13-8-9-15(23)21-20-13/h4-7H,8-10H2,1-3H3,(H,19,25)(H,21,23). The Balaban J connectivity index is 1.89. The molecule has 8 nitrogen and oxygen atoms in total. The molecule has 2 amide bonds. The van der Waals surface area contributed by atoms with E-state index in [-0.39, 0.29) is 36.2 Å². The van der Waals surface area contributed by atoms with Crippen molar-refractivity contribution in [2.45, 2.75) is 33.6 Å². The lowest BCUT2D eigenvalue weighted by Gasteiger charge is -2.17. The highest BCUT2D eigenvalue weighted by molar-refractivity contribution is 6.37. The second kappa shape index (κ2) is 7.90. The Bertz CT molecular complexity index is 760. The van der Waals surface area contributed by atoms with Crippen LogP contribution in [0.2, 0.25) is 0 Å². The van der Waals surface area contributed by atoms with Gasteiger partial charge in [0.15, 0.2) is 12.4 Å². The second-order valence-electron chi connectivity index (χ2n) is 6.87. The summed E-state index contributed by atoms with van der Waals surface area (Å²) in [5.41, 5.74) is 2.68. The monoisotopic (exact) mass is 359 g/mol. The Morgan fingerprint density at radius 2 is 1.81 bits per heavy atom. The average molecular weight is 359 g/mol. The molecule has 0 spiro atoms. The van der Waals surface area contributed by atoms with Gasteiger partial charge in [0.05, 0.1) is 0 Å². The zero-order valence-electron chi connectivity index (χ0n) is 14.9. The van der Waals surface area contributed by atoms with Crippen LogP contribution < -0.4 is 10.7 Å². The van der Waals surface area contributed by atoms with Crippen LogP contribution in [0.1, 0.15) is 44.0 Å². The van der Waals surface area contributed by atoms with Gasteiger partial charge < -0.3 is 10.1 Å². The number of hydrogen-bond acceptors (Lipinski definition) is 6. The molecule has 1 heterocycles. The number of esters is 1. The molecule has 8 heteroatoms. The molecule has 0 saturated carbocycles. The van der Waals surface area contributed by atoms with Crippen molar-refractivity contribution in [1.29, 1.82) is 0 Å². The van der Waals surface area contributed by atoms with Crippen molar-refractivity contribution < 1.29 is 23.9 Å². The zero-order valence-corrected chi connectivity index (χ0v) is 14.9. The summed E-state index contributed by atoms with van der Waals surface area (Å²) in [4.78, 5) is 46.8. The Morgan fingerprint density at radius 1 is 1.15 bits per heavy atom. The molecule has 1 aromatic carbocycles. The number of nitrogens with one attached hydrogen (secondary N) is 2. The van der Waals surface area contributed by atoms with Crippen molar-refractivity contribution in [2.75, 3.05) is 11.9 Å². The molecule has 1 aliphatic heterocycles. The van der Waals surface area contributed by atoms with Gasteiger partial charge in [0.25, 0.3) is 0 Å². The maximum Gasteiger partial charge on any atom is 0.354 e. The number of Topliss-reactive ketones (excluding diaryl/α,β-unsaturated/α-hetero) is 1. The molecule has 2 rings (SSSR count). The van der Waals surface area contributed by atoms with Crippen molar-refractivity contribution in [3.8, 4) is 0 Å². The molecule has 0 atom stereocenters. The number of ether oxygens (including phenoxy) is 1. The van der Waals surface area contributed by atoms with E-state index in [1.165, 1.54) is 0 Å². The first kappa shape index (κ1) is 19.3. The Hall–Kier alpha value is -3.03. The summed E-state index contributed by atoms with van der Waals surface area (Å²) in [5.74, 6) is -1.51. The molecule has 0 fully saturated rings. The average Bonchev–Trinajstić information content (AvgIpc) is 2.59. The minimum absolute atomic E-state index is 0.0811. The Labute approximate surface area is 151 Å². The van der Waals surface area contributed by atoms with Crippen LogP contribution in [-0.4, -0.2) is 35.9 Å². The van der Waals surface area contributed by atoms with Gasteiger partial charge in [-0.1, -0.05) is 20.8 Å². The van der Waals surface area contributed by atoms with E-state index < -0.39 is 18.0 Å². The number of amides is 2. The number of anilines is 1. The van der Waals surface area contributed by atoms with Gasteiger partial charge in [-0.15, -0.1) is 0 Å². The summed E-state index contributed by atoms with van der Waals surface area (Å²) in [6.45, 7) is 4.98. The van der Waals surface area contributed by atoms with Crippen molar-refractivity contribution in [3.05, 3.63) is 29.8 Å². The third-order valence-corrected chi connectivity index (χ3v) is 3.62. The smallest absolute Gasteiger partial charge is 0.354 e. The van der Waals surface area contributed by atoms with Crippen molar-refractivity contribution in [3.63, 3.8) is 0 Å². The molecule has 1 aliphatic rings. The number of carbonyl (C=O) groups excluding carboxylic acids is 4. The van der Waals surface area contributed by atoms with Crippen LogP contribution in [0.3, 0.4) is 0 Å². The Morgan fingerprint density at radius 3 is 2.35 bits per heavy atom. The van der Waals surface area contributed by atoms with E-state index in [0.29, 0.717) is 11.3 Å². The van der Waals surface area contributed by atoms with Gasteiger partial charge in [-0.3, -0.25) is 14.4 Å². The summed E-state index contributed by atoms with van der Waals surface area (Å²) >= 11 is 0.